The highest BCUT2D eigenvalue weighted by Crippen LogP contribution is 2.37. The van der Waals surface area contributed by atoms with Gasteiger partial charge in [0.15, 0.2) is 0 Å². The van der Waals surface area contributed by atoms with E-state index in [4.69, 9.17) is 11.6 Å². The van der Waals surface area contributed by atoms with E-state index in [-0.39, 0.29) is 11.3 Å². The van der Waals surface area contributed by atoms with Crippen molar-refractivity contribution in [2.24, 2.45) is 5.10 Å². The molecule has 1 aliphatic heterocycles. The third kappa shape index (κ3) is 5.18. The first-order chi connectivity index (χ1) is 15.5. The Morgan fingerprint density at radius 3 is 2.27 bits per heavy atom. The van der Waals surface area contributed by atoms with Crippen LogP contribution in [0.1, 0.15) is 23.6 Å². The largest absolute Gasteiger partial charge is 0.284 e. The third-order valence-electron chi connectivity index (χ3n) is 4.99. The molecule has 0 spiro atoms. The van der Waals surface area contributed by atoms with Gasteiger partial charge in [-0.25, -0.2) is 12.8 Å². The number of nitrogens with one attached hydrogen (secondary N) is 1. The van der Waals surface area contributed by atoms with Crippen molar-refractivity contribution in [2.45, 2.75) is 17.4 Å². The Morgan fingerprint density at radius 1 is 1.00 bits per heavy atom. The van der Waals surface area contributed by atoms with Gasteiger partial charge in [0.05, 0.1) is 22.9 Å². The molecule has 0 radical (unpaired) electrons. The summed E-state index contributed by atoms with van der Waals surface area (Å²) in [5.41, 5.74) is 1.91. The molecule has 0 bridgehead atoms. The molecule has 0 saturated heterocycles. The van der Waals surface area contributed by atoms with E-state index in [0.29, 0.717) is 27.5 Å². The van der Waals surface area contributed by atoms with Gasteiger partial charge in [-0.3, -0.25) is 4.72 Å². The number of rotatable bonds is 6. The highest BCUT2D eigenvalue weighted by Gasteiger charge is 2.37. The van der Waals surface area contributed by atoms with Gasteiger partial charge in [-0.1, -0.05) is 35.9 Å². The van der Waals surface area contributed by atoms with E-state index in [9.17, 15) is 21.2 Å². The summed E-state index contributed by atoms with van der Waals surface area (Å²) in [5.74, 6) is -0.485. The lowest BCUT2D eigenvalue weighted by Crippen LogP contribution is -2.27. The van der Waals surface area contributed by atoms with Crippen molar-refractivity contribution in [3.63, 3.8) is 0 Å². The summed E-state index contributed by atoms with van der Waals surface area (Å²) in [5, 5.41) is 4.78. The van der Waals surface area contributed by atoms with Gasteiger partial charge in [-0.15, -0.1) is 0 Å². The Bertz CT molecular complexity index is 1430. The molecule has 0 amide bonds. The maximum atomic E-state index is 13.9. The first kappa shape index (κ1) is 23.2. The molecule has 3 aromatic carbocycles. The standard InChI is InChI=1S/C22H19ClFN3O4S2/c1-32(28,29)26-19-9-5-15(6-10-19)21-14-22(16-3-2-4-18(24)13-16)27(25-21)33(30,31)20-11-7-17(23)8-12-20/h2-13,22,26H,14H2,1H3. The maximum absolute atomic E-state index is 13.9. The maximum Gasteiger partial charge on any atom is 0.279 e. The molecule has 0 aliphatic carbocycles. The van der Waals surface area contributed by atoms with E-state index < -0.39 is 31.9 Å². The second kappa shape index (κ2) is 8.77. The van der Waals surface area contributed by atoms with Crippen molar-refractivity contribution in [1.29, 1.82) is 0 Å². The molecule has 1 unspecified atom stereocenters. The molecule has 4 rings (SSSR count). The molecular formula is C22H19ClFN3O4S2. The fraction of sp³-hybridized carbons (Fsp3) is 0.136. The van der Waals surface area contributed by atoms with Crippen LogP contribution in [0.25, 0.3) is 0 Å². The van der Waals surface area contributed by atoms with E-state index in [2.05, 4.69) is 9.82 Å². The van der Waals surface area contributed by atoms with Crippen LogP contribution in [0.3, 0.4) is 0 Å². The lowest BCUT2D eigenvalue weighted by molar-refractivity contribution is 0.370. The number of sulfonamides is 2. The highest BCUT2D eigenvalue weighted by atomic mass is 35.5. The Hall–Kier alpha value is -2.95. The normalized spacial score (nSPS) is 16.5. The SMILES string of the molecule is CS(=O)(=O)Nc1ccc(C2=NN(S(=O)(=O)c3ccc(Cl)cc3)C(c3cccc(F)c3)C2)cc1. The van der Waals surface area contributed by atoms with Gasteiger partial charge >= 0.3 is 0 Å². The van der Waals surface area contributed by atoms with Crippen molar-refractivity contribution in [1.82, 2.24) is 4.41 Å². The van der Waals surface area contributed by atoms with E-state index >= 15 is 0 Å². The summed E-state index contributed by atoms with van der Waals surface area (Å²) in [6, 6.07) is 17.1. The minimum atomic E-state index is -4.07. The fourth-order valence-corrected chi connectivity index (χ4v) is 5.63. The van der Waals surface area contributed by atoms with Crippen LogP contribution in [0.15, 0.2) is 82.8 Å². The molecular weight excluding hydrogens is 489 g/mol. The first-order valence-corrected chi connectivity index (χ1v) is 13.4. The van der Waals surface area contributed by atoms with Crippen LogP contribution in [0.4, 0.5) is 10.1 Å². The van der Waals surface area contributed by atoms with Crippen molar-refractivity contribution >= 4 is 43.0 Å². The quantitative estimate of drug-likeness (QED) is 0.535. The molecule has 11 heteroatoms. The predicted octanol–water partition coefficient (Wildman–Crippen LogP) is 4.39. The van der Waals surface area contributed by atoms with Gasteiger partial charge in [0.2, 0.25) is 10.0 Å². The van der Waals surface area contributed by atoms with E-state index in [1.165, 1.54) is 42.5 Å². The monoisotopic (exact) mass is 507 g/mol. The van der Waals surface area contributed by atoms with Crippen LogP contribution >= 0.6 is 11.6 Å². The molecule has 1 N–H and O–H groups in total. The Kier molecular flexibility index (Phi) is 6.17. The summed E-state index contributed by atoms with van der Waals surface area (Å²) < 4.78 is 67.0. The molecule has 3 aromatic rings. The molecule has 1 aliphatic rings. The van der Waals surface area contributed by atoms with E-state index in [1.807, 2.05) is 0 Å². The Balaban J connectivity index is 1.74. The molecule has 0 saturated carbocycles. The van der Waals surface area contributed by atoms with Gasteiger partial charge in [0.1, 0.15) is 5.82 Å². The lowest BCUT2D eigenvalue weighted by Gasteiger charge is -2.23. The number of nitrogens with zero attached hydrogens (tertiary/aromatic N) is 2. The zero-order valence-electron chi connectivity index (χ0n) is 17.3. The van der Waals surface area contributed by atoms with Crippen LogP contribution in [-0.4, -0.2) is 33.2 Å². The summed E-state index contributed by atoms with van der Waals surface area (Å²) in [6.45, 7) is 0. The van der Waals surface area contributed by atoms with Crippen LogP contribution < -0.4 is 4.72 Å². The van der Waals surface area contributed by atoms with Crippen LogP contribution in [-0.2, 0) is 20.0 Å². The lowest BCUT2D eigenvalue weighted by atomic mass is 9.99. The molecule has 0 fully saturated rings. The molecule has 33 heavy (non-hydrogen) atoms. The van der Waals surface area contributed by atoms with Crippen molar-refractivity contribution in [2.75, 3.05) is 11.0 Å². The van der Waals surface area contributed by atoms with Gasteiger partial charge in [0.25, 0.3) is 10.0 Å². The minimum Gasteiger partial charge on any atom is -0.284 e. The Morgan fingerprint density at radius 2 is 1.67 bits per heavy atom. The molecule has 1 atom stereocenters. The summed E-state index contributed by atoms with van der Waals surface area (Å²) in [4.78, 5) is 0.00556. The second-order valence-corrected chi connectivity index (χ2v) is 11.5. The zero-order valence-corrected chi connectivity index (χ0v) is 19.7. The van der Waals surface area contributed by atoms with E-state index in [1.54, 1.807) is 30.3 Å². The van der Waals surface area contributed by atoms with Crippen LogP contribution in [0.5, 0.6) is 0 Å². The number of hydrazone groups is 1. The Labute approximate surface area is 196 Å². The number of hydrogen-bond donors (Lipinski definition) is 1. The number of anilines is 1. The minimum absolute atomic E-state index is 0.00556. The molecule has 0 aromatic heterocycles. The fourth-order valence-electron chi connectivity index (χ4n) is 3.51. The highest BCUT2D eigenvalue weighted by molar-refractivity contribution is 7.92. The topological polar surface area (TPSA) is 95.9 Å². The number of halogens is 2. The third-order valence-corrected chi connectivity index (χ3v) is 7.54. The second-order valence-electron chi connectivity index (χ2n) is 7.50. The molecule has 172 valence electrons. The van der Waals surface area contributed by atoms with Gasteiger partial charge in [0, 0.05) is 17.1 Å². The zero-order chi connectivity index (χ0) is 23.8. The van der Waals surface area contributed by atoms with Crippen molar-refractivity contribution in [3.05, 3.63) is 94.8 Å². The summed E-state index contributed by atoms with van der Waals surface area (Å²) in [7, 11) is -7.50. The van der Waals surface area contributed by atoms with Gasteiger partial charge < -0.3 is 0 Å². The van der Waals surface area contributed by atoms with E-state index in [0.717, 1.165) is 10.7 Å². The average Bonchev–Trinajstić information content (AvgIpc) is 3.20. The summed E-state index contributed by atoms with van der Waals surface area (Å²) >= 11 is 5.90. The number of benzene rings is 3. The predicted molar refractivity (Wildman–Crippen MR) is 126 cm³/mol. The molecule has 1 heterocycles. The van der Waals surface area contributed by atoms with Crippen LogP contribution in [0.2, 0.25) is 5.02 Å². The van der Waals surface area contributed by atoms with Crippen LogP contribution in [0, 0.1) is 5.82 Å². The summed E-state index contributed by atoms with van der Waals surface area (Å²) in [6.07, 6.45) is 1.25. The average molecular weight is 508 g/mol. The molecule has 7 nitrogen and oxygen atoms in total. The first-order valence-electron chi connectivity index (χ1n) is 9.74. The van der Waals surface area contributed by atoms with Crippen molar-refractivity contribution in [3.8, 4) is 0 Å². The smallest absolute Gasteiger partial charge is 0.279 e. The van der Waals surface area contributed by atoms with Gasteiger partial charge in [-0.05, 0) is 59.7 Å². The number of hydrogen-bond acceptors (Lipinski definition) is 5. The van der Waals surface area contributed by atoms with Crippen molar-refractivity contribution < 1.29 is 21.2 Å². The van der Waals surface area contributed by atoms with Gasteiger partial charge in [-0.2, -0.15) is 17.9 Å².